The summed E-state index contributed by atoms with van der Waals surface area (Å²) in [4.78, 5) is 2.85. The highest BCUT2D eigenvalue weighted by Gasteiger charge is 2.22. The van der Waals surface area contributed by atoms with E-state index in [4.69, 9.17) is 5.11 Å². The first-order chi connectivity index (χ1) is 8.93. The maximum Gasteiger partial charge on any atom is 0.244 e. The van der Waals surface area contributed by atoms with E-state index in [2.05, 4.69) is 10.1 Å². The van der Waals surface area contributed by atoms with E-state index in [0.717, 1.165) is 5.56 Å². The Bertz CT molecular complexity index is 659. The van der Waals surface area contributed by atoms with E-state index in [1.54, 1.807) is 24.1 Å². The van der Waals surface area contributed by atoms with Crippen LogP contribution in [0, 0.1) is 0 Å². The molecule has 0 radical (unpaired) electrons. The first-order valence-corrected chi connectivity index (χ1v) is 7.09. The minimum absolute atomic E-state index is 0.142. The molecule has 0 fully saturated rings. The summed E-state index contributed by atoms with van der Waals surface area (Å²) < 4.78 is 27.4. The second-order valence-corrected chi connectivity index (χ2v) is 6.35. The van der Waals surface area contributed by atoms with Gasteiger partial charge in [-0.05, 0) is 6.07 Å². The maximum atomic E-state index is 12.3. The summed E-state index contributed by atoms with van der Waals surface area (Å²) in [6, 6.07) is 1.43. The van der Waals surface area contributed by atoms with E-state index in [1.165, 1.54) is 23.6 Å². The fraction of sp³-hybridized carbons (Fsp3) is 0.364. The first kappa shape index (κ1) is 13.8. The molecular formula is C11H16N4O3S. The van der Waals surface area contributed by atoms with Crippen LogP contribution >= 0.6 is 0 Å². The van der Waals surface area contributed by atoms with Crippen LogP contribution in [-0.4, -0.2) is 39.6 Å². The number of aryl methyl sites for hydroxylation is 1. The number of aromatic amines is 1. The van der Waals surface area contributed by atoms with Crippen LogP contribution < -0.4 is 0 Å². The molecule has 2 heterocycles. The van der Waals surface area contributed by atoms with Crippen LogP contribution in [-0.2, 0) is 30.2 Å². The van der Waals surface area contributed by atoms with Gasteiger partial charge in [0.05, 0.1) is 17.7 Å². The molecule has 0 saturated heterocycles. The Morgan fingerprint density at radius 2 is 2.26 bits per heavy atom. The Labute approximate surface area is 111 Å². The minimum Gasteiger partial charge on any atom is -0.390 e. The Balaban J connectivity index is 2.19. The van der Waals surface area contributed by atoms with Gasteiger partial charge in [-0.3, -0.25) is 4.68 Å². The lowest BCUT2D eigenvalue weighted by atomic mass is 10.4. The Kier molecular flexibility index (Phi) is 3.74. The standard InChI is InChI=1S/C11H16N4O3S/c1-14-6-9(4-13-14)7-15(2)19(17,18)11-3-10(8-16)12-5-11/h3-6,12,16H,7-8H2,1-2H3. The van der Waals surface area contributed by atoms with Crippen LogP contribution in [0.5, 0.6) is 0 Å². The number of rotatable bonds is 5. The van der Waals surface area contributed by atoms with Crippen LogP contribution in [0.15, 0.2) is 29.6 Å². The van der Waals surface area contributed by atoms with Crippen molar-refractivity contribution in [2.75, 3.05) is 7.05 Å². The van der Waals surface area contributed by atoms with E-state index in [9.17, 15) is 8.42 Å². The highest BCUT2D eigenvalue weighted by Crippen LogP contribution is 2.17. The van der Waals surface area contributed by atoms with Crippen molar-refractivity contribution in [1.82, 2.24) is 19.1 Å². The molecule has 0 aliphatic carbocycles. The SMILES string of the molecule is CN(Cc1cnn(C)c1)S(=O)(=O)c1c[nH]c(CO)c1. The number of nitrogens with one attached hydrogen (secondary N) is 1. The zero-order valence-electron chi connectivity index (χ0n) is 10.7. The van der Waals surface area contributed by atoms with Crippen LogP contribution in [0.25, 0.3) is 0 Å². The van der Waals surface area contributed by atoms with Crippen molar-refractivity contribution in [2.24, 2.45) is 7.05 Å². The molecule has 0 atom stereocenters. The van der Waals surface area contributed by atoms with Crippen LogP contribution in [0.4, 0.5) is 0 Å². The molecule has 8 heteroatoms. The summed E-state index contributed by atoms with van der Waals surface area (Å²) >= 11 is 0. The van der Waals surface area contributed by atoms with Gasteiger partial charge in [0.1, 0.15) is 0 Å². The van der Waals surface area contributed by atoms with Gasteiger partial charge >= 0.3 is 0 Å². The van der Waals surface area contributed by atoms with Crippen molar-refractivity contribution in [2.45, 2.75) is 18.0 Å². The van der Waals surface area contributed by atoms with Gasteiger partial charge in [-0.1, -0.05) is 0 Å². The number of sulfonamides is 1. The van der Waals surface area contributed by atoms with Crippen LogP contribution in [0.1, 0.15) is 11.3 Å². The van der Waals surface area contributed by atoms with E-state index in [-0.39, 0.29) is 18.0 Å². The molecule has 2 N–H and O–H groups in total. The molecule has 2 aromatic heterocycles. The fourth-order valence-electron chi connectivity index (χ4n) is 1.73. The summed E-state index contributed by atoms with van der Waals surface area (Å²) in [6.45, 7) is 0.0254. The quantitative estimate of drug-likeness (QED) is 0.812. The van der Waals surface area contributed by atoms with Crippen molar-refractivity contribution in [3.63, 3.8) is 0 Å². The zero-order valence-corrected chi connectivity index (χ0v) is 11.6. The zero-order chi connectivity index (χ0) is 14.0. The second kappa shape index (κ2) is 5.16. The van der Waals surface area contributed by atoms with Gasteiger partial charge < -0.3 is 10.1 Å². The second-order valence-electron chi connectivity index (χ2n) is 4.30. The molecule has 7 nitrogen and oxygen atoms in total. The van der Waals surface area contributed by atoms with Gasteiger partial charge in [-0.2, -0.15) is 9.40 Å². The lowest BCUT2D eigenvalue weighted by Crippen LogP contribution is -2.26. The van der Waals surface area contributed by atoms with Crippen molar-refractivity contribution in [3.8, 4) is 0 Å². The van der Waals surface area contributed by atoms with E-state index < -0.39 is 10.0 Å². The third-order valence-corrected chi connectivity index (χ3v) is 4.54. The number of H-pyrrole nitrogens is 1. The highest BCUT2D eigenvalue weighted by atomic mass is 32.2. The van der Waals surface area contributed by atoms with Crippen molar-refractivity contribution in [1.29, 1.82) is 0 Å². The van der Waals surface area contributed by atoms with Crippen molar-refractivity contribution in [3.05, 3.63) is 35.9 Å². The van der Waals surface area contributed by atoms with Gasteiger partial charge in [0.15, 0.2) is 0 Å². The average molecular weight is 284 g/mol. The lowest BCUT2D eigenvalue weighted by molar-refractivity contribution is 0.277. The maximum absolute atomic E-state index is 12.3. The molecule has 0 saturated carbocycles. The smallest absolute Gasteiger partial charge is 0.244 e. The number of hydrogen-bond donors (Lipinski definition) is 2. The molecule has 0 spiro atoms. The number of aliphatic hydroxyl groups is 1. The molecule has 0 aromatic carbocycles. The largest absolute Gasteiger partial charge is 0.390 e. The van der Waals surface area contributed by atoms with Crippen LogP contribution in [0.3, 0.4) is 0 Å². The molecule has 0 bridgehead atoms. The number of nitrogens with zero attached hydrogens (tertiary/aromatic N) is 3. The molecule has 104 valence electrons. The molecule has 0 aliphatic heterocycles. The third-order valence-electron chi connectivity index (χ3n) is 2.76. The average Bonchev–Trinajstić information content (AvgIpc) is 2.98. The fourth-order valence-corrected chi connectivity index (χ4v) is 2.91. The topological polar surface area (TPSA) is 91.2 Å². The molecular weight excluding hydrogens is 268 g/mol. The number of aromatic nitrogens is 3. The number of aliphatic hydroxyl groups excluding tert-OH is 1. The minimum atomic E-state index is -3.56. The summed E-state index contributed by atoms with van der Waals surface area (Å²) in [6.07, 6.45) is 4.77. The van der Waals surface area contributed by atoms with Crippen molar-refractivity contribution < 1.29 is 13.5 Å². The van der Waals surface area contributed by atoms with Gasteiger partial charge in [0, 0.05) is 44.3 Å². The lowest BCUT2D eigenvalue weighted by Gasteiger charge is -2.14. The highest BCUT2D eigenvalue weighted by molar-refractivity contribution is 7.89. The summed E-state index contributed by atoms with van der Waals surface area (Å²) in [7, 11) is -0.280. The number of hydrogen-bond acceptors (Lipinski definition) is 4. The molecule has 2 aromatic rings. The van der Waals surface area contributed by atoms with E-state index in [0.29, 0.717) is 5.69 Å². The van der Waals surface area contributed by atoms with E-state index >= 15 is 0 Å². The Hall–Kier alpha value is -1.64. The van der Waals surface area contributed by atoms with Gasteiger partial charge in [-0.15, -0.1) is 0 Å². The molecule has 0 unspecified atom stereocenters. The first-order valence-electron chi connectivity index (χ1n) is 5.65. The normalized spacial score (nSPS) is 12.2. The van der Waals surface area contributed by atoms with Gasteiger partial charge in [-0.25, -0.2) is 8.42 Å². The summed E-state index contributed by atoms with van der Waals surface area (Å²) in [5.41, 5.74) is 1.28. The van der Waals surface area contributed by atoms with Gasteiger partial charge in [0.25, 0.3) is 0 Å². The molecule has 19 heavy (non-hydrogen) atoms. The summed E-state index contributed by atoms with van der Waals surface area (Å²) in [5, 5.41) is 12.9. The third kappa shape index (κ3) is 2.86. The predicted molar refractivity (Wildman–Crippen MR) is 68.6 cm³/mol. The van der Waals surface area contributed by atoms with E-state index in [1.807, 2.05) is 0 Å². The molecule has 0 aliphatic rings. The van der Waals surface area contributed by atoms with Crippen LogP contribution in [0.2, 0.25) is 0 Å². The Morgan fingerprint density at radius 3 is 2.79 bits per heavy atom. The summed E-state index contributed by atoms with van der Waals surface area (Å²) in [5.74, 6) is 0. The molecule has 0 amide bonds. The van der Waals surface area contributed by atoms with Gasteiger partial charge in [0.2, 0.25) is 10.0 Å². The predicted octanol–water partition coefficient (Wildman–Crippen LogP) is 0.0612. The monoisotopic (exact) mass is 284 g/mol. The van der Waals surface area contributed by atoms with Crippen molar-refractivity contribution >= 4 is 10.0 Å². The molecule has 2 rings (SSSR count). The Morgan fingerprint density at radius 1 is 1.53 bits per heavy atom.